The topological polar surface area (TPSA) is 44.4 Å². The molecule has 4 heteroatoms. The predicted molar refractivity (Wildman–Crippen MR) is 81.7 cm³/mol. The van der Waals surface area contributed by atoms with E-state index in [-0.39, 0.29) is 11.9 Å². The van der Waals surface area contributed by atoms with Crippen molar-refractivity contribution >= 4 is 5.91 Å². The number of nitrogens with zero attached hydrogens (tertiary/aromatic N) is 1. The molecule has 1 amide bonds. The highest BCUT2D eigenvalue weighted by Gasteiger charge is 2.27. The molecule has 2 rings (SSSR count). The van der Waals surface area contributed by atoms with Crippen LogP contribution in [-0.4, -0.2) is 49.6 Å². The first-order valence-electron chi connectivity index (χ1n) is 7.57. The van der Waals surface area contributed by atoms with Crippen molar-refractivity contribution in [2.45, 2.75) is 25.8 Å². The van der Waals surface area contributed by atoms with E-state index >= 15 is 0 Å². The van der Waals surface area contributed by atoms with Gasteiger partial charge >= 0.3 is 0 Å². The highest BCUT2D eigenvalue weighted by molar-refractivity contribution is 5.82. The van der Waals surface area contributed by atoms with Crippen molar-refractivity contribution in [2.75, 3.05) is 32.7 Å². The zero-order chi connectivity index (χ0) is 14.2. The molecule has 2 N–H and O–H groups in total. The van der Waals surface area contributed by atoms with Gasteiger partial charge in [0.1, 0.15) is 6.04 Å². The molecule has 4 nitrogen and oxygen atoms in total. The Labute approximate surface area is 121 Å². The molecule has 20 heavy (non-hydrogen) atoms. The van der Waals surface area contributed by atoms with Crippen LogP contribution in [0.1, 0.15) is 18.9 Å². The molecule has 1 aromatic carbocycles. The highest BCUT2D eigenvalue weighted by Crippen LogP contribution is 2.08. The number of piperazine rings is 1. The minimum atomic E-state index is -0.0144. The summed E-state index contributed by atoms with van der Waals surface area (Å²) in [5.41, 5.74) is 1.37. The molecule has 1 aliphatic heterocycles. The monoisotopic (exact) mass is 275 g/mol. The summed E-state index contributed by atoms with van der Waals surface area (Å²) in [7, 11) is 0. The Hall–Kier alpha value is -1.39. The van der Waals surface area contributed by atoms with Crippen LogP contribution in [0.15, 0.2) is 30.3 Å². The maximum Gasteiger partial charge on any atom is 0.238 e. The molecule has 0 radical (unpaired) electrons. The van der Waals surface area contributed by atoms with E-state index in [1.54, 1.807) is 0 Å². The Bertz CT molecular complexity index is 407. The van der Waals surface area contributed by atoms with Crippen molar-refractivity contribution < 1.29 is 4.79 Å². The van der Waals surface area contributed by atoms with Crippen LogP contribution < -0.4 is 10.6 Å². The van der Waals surface area contributed by atoms with E-state index in [1.165, 1.54) is 5.56 Å². The fourth-order valence-corrected chi connectivity index (χ4v) is 2.70. The second-order valence-corrected chi connectivity index (χ2v) is 5.24. The quantitative estimate of drug-likeness (QED) is 0.815. The molecule has 110 valence electrons. The largest absolute Gasteiger partial charge is 0.355 e. The summed E-state index contributed by atoms with van der Waals surface area (Å²) in [4.78, 5) is 14.4. The minimum Gasteiger partial charge on any atom is -0.355 e. The molecule has 0 spiro atoms. The molecule has 1 atom stereocenters. The molecular formula is C16H25N3O. The first-order chi connectivity index (χ1) is 9.81. The van der Waals surface area contributed by atoms with Crippen LogP contribution in [0.4, 0.5) is 0 Å². The van der Waals surface area contributed by atoms with Crippen LogP contribution in [0.3, 0.4) is 0 Å². The van der Waals surface area contributed by atoms with Crippen LogP contribution in [0.2, 0.25) is 0 Å². The maximum atomic E-state index is 12.0. The number of nitrogens with one attached hydrogen (secondary N) is 2. The normalized spacial score (nSPS) is 19.8. The minimum absolute atomic E-state index is 0.0144. The Balaban J connectivity index is 1.81. The van der Waals surface area contributed by atoms with E-state index in [4.69, 9.17) is 0 Å². The number of hydrogen-bond acceptors (Lipinski definition) is 3. The van der Waals surface area contributed by atoms with Gasteiger partial charge in [-0.2, -0.15) is 0 Å². The predicted octanol–water partition coefficient (Wildman–Crippen LogP) is 1.03. The van der Waals surface area contributed by atoms with Crippen molar-refractivity contribution in [1.29, 1.82) is 0 Å². The van der Waals surface area contributed by atoms with Gasteiger partial charge in [-0.25, -0.2) is 0 Å². The molecule has 0 bridgehead atoms. The first-order valence-corrected chi connectivity index (χ1v) is 7.57. The van der Waals surface area contributed by atoms with Crippen LogP contribution in [0.5, 0.6) is 0 Å². The summed E-state index contributed by atoms with van der Waals surface area (Å²) >= 11 is 0. The third-order valence-corrected chi connectivity index (χ3v) is 3.76. The Morgan fingerprint density at radius 1 is 1.40 bits per heavy atom. The standard InChI is InChI=1S/C16H25N3O/c1-2-18-16(20)15-13-17-10-12-19(15)11-6-9-14-7-4-3-5-8-14/h3-5,7-8,15,17H,2,6,9-13H2,1H3,(H,18,20). The molecule has 1 aromatic rings. The molecular weight excluding hydrogens is 250 g/mol. The number of rotatable bonds is 6. The molecule has 1 saturated heterocycles. The van der Waals surface area contributed by atoms with Gasteiger partial charge in [-0.05, 0) is 31.9 Å². The van der Waals surface area contributed by atoms with Gasteiger partial charge in [0.2, 0.25) is 5.91 Å². The lowest BCUT2D eigenvalue weighted by molar-refractivity contribution is -0.127. The van der Waals surface area contributed by atoms with Crippen molar-refractivity contribution in [1.82, 2.24) is 15.5 Å². The number of carbonyl (C=O) groups excluding carboxylic acids is 1. The lowest BCUT2D eigenvalue weighted by Crippen LogP contribution is -2.58. The number of carbonyl (C=O) groups is 1. The number of amides is 1. The number of aryl methyl sites for hydroxylation is 1. The van der Waals surface area contributed by atoms with Crippen molar-refractivity contribution in [3.63, 3.8) is 0 Å². The molecule has 1 heterocycles. The van der Waals surface area contributed by atoms with Gasteiger partial charge in [-0.1, -0.05) is 30.3 Å². The van der Waals surface area contributed by atoms with Crippen LogP contribution >= 0.6 is 0 Å². The van der Waals surface area contributed by atoms with Crippen LogP contribution in [0.25, 0.3) is 0 Å². The average Bonchev–Trinajstić information content (AvgIpc) is 2.49. The summed E-state index contributed by atoms with van der Waals surface area (Å²) < 4.78 is 0. The number of likely N-dealkylation sites (N-methyl/N-ethyl adjacent to an activating group) is 1. The van der Waals surface area contributed by atoms with E-state index in [1.807, 2.05) is 13.0 Å². The Kier molecular flexibility index (Phi) is 6.02. The van der Waals surface area contributed by atoms with Gasteiger partial charge in [-0.3, -0.25) is 9.69 Å². The zero-order valence-corrected chi connectivity index (χ0v) is 12.3. The fraction of sp³-hybridized carbons (Fsp3) is 0.562. The van der Waals surface area contributed by atoms with E-state index in [2.05, 4.69) is 39.8 Å². The maximum absolute atomic E-state index is 12.0. The van der Waals surface area contributed by atoms with Gasteiger partial charge in [0.25, 0.3) is 0 Å². The smallest absolute Gasteiger partial charge is 0.238 e. The summed E-state index contributed by atoms with van der Waals surface area (Å²) in [6, 6.07) is 10.5. The molecule has 0 aliphatic carbocycles. The molecule has 1 unspecified atom stereocenters. The first kappa shape index (κ1) is 15.0. The summed E-state index contributed by atoms with van der Waals surface area (Å²) in [5, 5.41) is 6.24. The highest BCUT2D eigenvalue weighted by atomic mass is 16.2. The lowest BCUT2D eigenvalue weighted by Gasteiger charge is -2.35. The summed E-state index contributed by atoms with van der Waals surface area (Å²) in [6.07, 6.45) is 2.17. The Morgan fingerprint density at radius 3 is 2.95 bits per heavy atom. The van der Waals surface area contributed by atoms with Gasteiger partial charge < -0.3 is 10.6 Å². The average molecular weight is 275 g/mol. The van der Waals surface area contributed by atoms with Gasteiger partial charge in [0.05, 0.1) is 0 Å². The van der Waals surface area contributed by atoms with Gasteiger partial charge in [-0.15, -0.1) is 0 Å². The Morgan fingerprint density at radius 2 is 2.20 bits per heavy atom. The fourth-order valence-electron chi connectivity index (χ4n) is 2.70. The SMILES string of the molecule is CCNC(=O)C1CNCCN1CCCc1ccccc1. The van der Waals surface area contributed by atoms with Gasteiger partial charge in [0.15, 0.2) is 0 Å². The van der Waals surface area contributed by atoms with Gasteiger partial charge in [0, 0.05) is 26.2 Å². The third kappa shape index (κ3) is 4.32. The molecule has 1 fully saturated rings. The summed E-state index contributed by atoms with van der Waals surface area (Å²) in [5.74, 6) is 0.152. The second-order valence-electron chi connectivity index (χ2n) is 5.24. The van der Waals surface area contributed by atoms with Crippen molar-refractivity contribution in [2.24, 2.45) is 0 Å². The van der Waals surface area contributed by atoms with E-state index in [0.717, 1.165) is 39.0 Å². The second kappa shape index (κ2) is 8.02. The number of benzene rings is 1. The molecule has 0 saturated carbocycles. The zero-order valence-electron chi connectivity index (χ0n) is 12.3. The van der Waals surface area contributed by atoms with Crippen LogP contribution in [0, 0.1) is 0 Å². The van der Waals surface area contributed by atoms with Crippen molar-refractivity contribution in [3.05, 3.63) is 35.9 Å². The summed E-state index contributed by atoms with van der Waals surface area (Å²) in [6.45, 7) is 6.34. The van der Waals surface area contributed by atoms with E-state index in [9.17, 15) is 4.79 Å². The van der Waals surface area contributed by atoms with E-state index < -0.39 is 0 Å². The lowest BCUT2D eigenvalue weighted by atomic mass is 10.1. The van der Waals surface area contributed by atoms with E-state index in [0.29, 0.717) is 6.54 Å². The van der Waals surface area contributed by atoms with Crippen LogP contribution in [-0.2, 0) is 11.2 Å². The molecule has 0 aromatic heterocycles. The van der Waals surface area contributed by atoms with Crippen molar-refractivity contribution in [3.8, 4) is 0 Å². The molecule has 1 aliphatic rings. The number of hydrogen-bond donors (Lipinski definition) is 2. The third-order valence-electron chi connectivity index (χ3n) is 3.76.